The summed E-state index contributed by atoms with van der Waals surface area (Å²) < 4.78 is 20.7. The molecule has 0 fully saturated rings. The molecule has 2 N–H and O–H groups in total. The first-order chi connectivity index (χ1) is 11.2. The van der Waals surface area contributed by atoms with Crippen molar-refractivity contribution in [3.63, 3.8) is 0 Å². The number of hydrogen-bond acceptors (Lipinski definition) is 6. The summed E-state index contributed by atoms with van der Waals surface area (Å²) in [5, 5.41) is 9.45. The molecule has 0 saturated heterocycles. The van der Waals surface area contributed by atoms with Crippen molar-refractivity contribution in [3.8, 4) is 5.75 Å². The van der Waals surface area contributed by atoms with Gasteiger partial charge in [-0.2, -0.15) is 0 Å². The van der Waals surface area contributed by atoms with E-state index in [0.717, 1.165) is 10.9 Å². The first-order valence-corrected chi connectivity index (χ1v) is 7.35. The van der Waals surface area contributed by atoms with E-state index in [0.29, 0.717) is 44.5 Å². The third kappa shape index (κ3) is 5.24. The first-order valence-electron chi connectivity index (χ1n) is 7.35. The van der Waals surface area contributed by atoms with Crippen LogP contribution < -0.4 is 4.74 Å². The number of carbonyl (C=O) groups excluding carboxylic acids is 1. The Bertz CT molecular complexity index is 624. The molecular weight excluding hydrogens is 302 g/mol. The van der Waals surface area contributed by atoms with Crippen molar-refractivity contribution in [2.75, 3.05) is 46.8 Å². The van der Waals surface area contributed by atoms with Crippen molar-refractivity contribution >= 4 is 16.9 Å². The number of ether oxygens (including phenoxy) is 4. The molecule has 0 bridgehead atoms. The fourth-order valence-electron chi connectivity index (χ4n) is 2.02. The van der Waals surface area contributed by atoms with Crippen LogP contribution in [0.2, 0.25) is 0 Å². The van der Waals surface area contributed by atoms with Crippen molar-refractivity contribution < 1.29 is 28.8 Å². The summed E-state index contributed by atoms with van der Waals surface area (Å²) in [6.07, 6.45) is 0. The maximum atomic E-state index is 11.5. The maximum Gasteiger partial charge on any atom is 0.354 e. The Morgan fingerprint density at radius 1 is 1.09 bits per heavy atom. The van der Waals surface area contributed by atoms with E-state index in [1.165, 1.54) is 7.11 Å². The van der Waals surface area contributed by atoms with Crippen LogP contribution in [-0.2, 0) is 14.2 Å². The average Bonchev–Trinajstić information content (AvgIpc) is 2.99. The van der Waals surface area contributed by atoms with Gasteiger partial charge in [0.1, 0.15) is 18.1 Å². The number of rotatable bonds is 10. The Labute approximate surface area is 134 Å². The van der Waals surface area contributed by atoms with Gasteiger partial charge in [-0.1, -0.05) is 0 Å². The summed E-state index contributed by atoms with van der Waals surface area (Å²) in [4.78, 5) is 14.5. The SMILES string of the molecule is COC(=O)c1cc2ccc(OCCOCCOCCO)cc2[nH]1. The average molecular weight is 323 g/mol. The molecular formula is C16H21NO6. The zero-order valence-corrected chi connectivity index (χ0v) is 13.0. The number of hydrogen-bond donors (Lipinski definition) is 2. The molecule has 7 nitrogen and oxygen atoms in total. The third-order valence-electron chi connectivity index (χ3n) is 3.10. The monoisotopic (exact) mass is 323 g/mol. The predicted octanol–water partition coefficient (Wildman–Crippen LogP) is 1.36. The Kier molecular flexibility index (Phi) is 6.86. The lowest BCUT2D eigenvalue weighted by molar-refractivity contribution is 0.0247. The zero-order chi connectivity index (χ0) is 16.5. The van der Waals surface area contributed by atoms with Gasteiger partial charge in [0.05, 0.1) is 40.1 Å². The fraction of sp³-hybridized carbons (Fsp3) is 0.438. The number of benzene rings is 1. The number of aromatic amines is 1. The second-order valence-corrected chi connectivity index (χ2v) is 4.72. The van der Waals surface area contributed by atoms with Gasteiger partial charge in [0.25, 0.3) is 0 Å². The van der Waals surface area contributed by atoms with Crippen LogP contribution in [0.15, 0.2) is 24.3 Å². The van der Waals surface area contributed by atoms with Crippen LogP contribution in [0.25, 0.3) is 10.9 Å². The highest BCUT2D eigenvalue weighted by atomic mass is 16.5. The standard InChI is InChI=1S/C16H21NO6/c1-20-16(19)15-10-12-2-3-13(11-14(12)17-15)23-9-8-22-7-6-21-5-4-18/h2-3,10-11,17-18H,4-9H2,1H3. The third-order valence-corrected chi connectivity index (χ3v) is 3.10. The Morgan fingerprint density at radius 2 is 1.83 bits per heavy atom. The number of H-pyrrole nitrogens is 1. The van der Waals surface area contributed by atoms with E-state index >= 15 is 0 Å². The smallest absolute Gasteiger partial charge is 0.354 e. The number of aliphatic hydroxyl groups is 1. The van der Waals surface area contributed by atoms with E-state index in [1.54, 1.807) is 6.07 Å². The van der Waals surface area contributed by atoms with Gasteiger partial charge in [-0.05, 0) is 18.2 Å². The highest BCUT2D eigenvalue weighted by molar-refractivity contribution is 5.95. The fourth-order valence-corrected chi connectivity index (χ4v) is 2.02. The molecule has 0 radical (unpaired) electrons. The number of methoxy groups -OCH3 is 1. The van der Waals surface area contributed by atoms with Crippen LogP contribution >= 0.6 is 0 Å². The van der Waals surface area contributed by atoms with E-state index in [2.05, 4.69) is 9.72 Å². The van der Waals surface area contributed by atoms with Gasteiger partial charge in [-0.3, -0.25) is 0 Å². The van der Waals surface area contributed by atoms with Crippen LogP contribution in [-0.4, -0.2) is 62.8 Å². The van der Waals surface area contributed by atoms with Crippen LogP contribution in [0.3, 0.4) is 0 Å². The summed E-state index contributed by atoms with van der Waals surface area (Å²) in [5.41, 5.74) is 1.21. The van der Waals surface area contributed by atoms with Gasteiger partial charge in [-0.25, -0.2) is 4.79 Å². The summed E-state index contributed by atoms with van der Waals surface area (Å²) in [7, 11) is 1.34. The highest BCUT2D eigenvalue weighted by Crippen LogP contribution is 2.21. The molecule has 0 aliphatic carbocycles. The minimum Gasteiger partial charge on any atom is -0.491 e. The second-order valence-electron chi connectivity index (χ2n) is 4.72. The lowest BCUT2D eigenvalue weighted by Crippen LogP contribution is -2.11. The molecule has 2 aromatic rings. The minimum atomic E-state index is -0.402. The van der Waals surface area contributed by atoms with Crippen molar-refractivity contribution in [2.24, 2.45) is 0 Å². The van der Waals surface area contributed by atoms with E-state index in [-0.39, 0.29) is 6.61 Å². The van der Waals surface area contributed by atoms with Crippen LogP contribution in [0, 0.1) is 0 Å². The molecule has 0 atom stereocenters. The normalized spacial score (nSPS) is 10.9. The first kappa shape index (κ1) is 17.3. The Hall–Kier alpha value is -2.09. The van der Waals surface area contributed by atoms with Crippen molar-refractivity contribution in [1.82, 2.24) is 4.98 Å². The van der Waals surface area contributed by atoms with Gasteiger partial charge >= 0.3 is 5.97 Å². The molecule has 126 valence electrons. The molecule has 1 aromatic heterocycles. The zero-order valence-electron chi connectivity index (χ0n) is 13.0. The number of nitrogens with one attached hydrogen (secondary N) is 1. The van der Waals surface area contributed by atoms with Gasteiger partial charge in [0.15, 0.2) is 0 Å². The van der Waals surface area contributed by atoms with Crippen LogP contribution in [0.5, 0.6) is 5.75 Å². The van der Waals surface area contributed by atoms with E-state index in [9.17, 15) is 4.79 Å². The molecule has 0 spiro atoms. The largest absolute Gasteiger partial charge is 0.491 e. The predicted molar refractivity (Wildman–Crippen MR) is 83.9 cm³/mol. The summed E-state index contributed by atoms with van der Waals surface area (Å²) in [6, 6.07) is 7.27. The van der Waals surface area contributed by atoms with Crippen molar-refractivity contribution in [1.29, 1.82) is 0 Å². The molecule has 2 rings (SSSR count). The Balaban J connectivity index is 1.76. The van der Waals surface area contributed by atoms with Gasteiger partial charge in [0, 0.05) is 17.0 Å². The number of aliphatic hydroxyl groups excluding tert-OH is 1. The van der Waals surface area contributed by atoms with Crippen molar-refractivity contribution in [2.45, 2.75) is 0 Å². The van der Waals surface area contributed by atoms with E-state index in [1.807, 2.05) is 18.2 Å². The van der Waals surface area contributed by atoms with Gasteiger partial charge in [-0.15, -0.1) is 0 Å². The summed E-state index contributed by atoms with van der Waals surface area (Å²) >= 11 is 0. The topological polar surface area (TPSA) is 90.0 Å². The summed E-state index contributed by atoms with van der Waals surface area (Å²) in [6.45, 7) is 2.10. The molecule has 0 aliphatic rings. The van der Waals surface area contributed by atoms with E-state index < -0.39 is 5.97 Å². The van der Waals surface area contributed by atoms with Gasteiger partial charge in [0.2, 0.25) is 0 Å². The highest BCUT2D eigenvalue weighted by Gasteiger charge is 2.09. The van der Waals surface area contributed by atoms with Crippen LogP contribution in [0.4, 0.5) is 0 Å². The molecule has 1 aromatic carbocycles. The van der Waals surface area contributed by atoms with Crippen molar-refractivity contribution in [3.05, 3.63) is 30.0 Å². The molecule has 0 aliphatic heterocycles. The molecule has 0 saturated carbocycles. The second kappa shape index (κ2) is 9.14. The summed E-state index contributed by atoms with van der Waals surface area (Å²) in [5.74, 6) is 0.288. The Morgan fingerprint density at radius 3 is 2.57 bits per heavy atom. The lowest BCUT2D eigenvalue weighted by atomic mass is 10.2. The number of carbonyl (C=O) groups is 1. The van der Waals surface area contributed by atoms with E-state index in [4.69, 9.17) is 19.3 Å². The molecule has 7 heteroatoms. The molecule has 1 heterocycles. The quantitative estimate of drug-likeness (QED) is 0.507. The molecule has 23 heavy (non-hydrogen) atoms. The number of fused-ring (bicyclic) bond motifs is 1. The maximum absolute atomic E-state index is 11.5. The van der Waals surface area contributed by atoms with Crippen LogP contribution in [0.1, 0.15) is 10.5 Å². The molecule has 0 amide bonds. The lowest BCUT2D eigenvalue weighted by Gasteiger charge is -2.07. The minimum absolute atomic E-state index is 0.0159. The number of aromatic nitrogens is 1. The number of esters is 1. The van der Waals surface area contributed by atoms with Gasteiger partial charge < -0.3 is 29.0 Å². The molecule has 0 unspecified atom stereocenters.